The van der Waals surface area contributed by atoms with Gasteiger partial charge in [-0.1, -0.05) is 26.7 Å². The quantitative estimate of drug-likeness (QED) is 0.733. The lowest BCUT2D eigenvalue weighted by Crippen LogP contribution is -2.45. The number of rotatable bonds is 7. The SMILES string of the molecule is CC(C)C(CNC1CC1)N(C)CC1CCCC1. The fourth-order valence-corrected chi connectivity index (χ4v) is 3.21. The van der Waals surface area contributed by atoms with E-state index in [2.05, 4.69) is 31.1 Å². The molecule has 1 atom stereocenters. The minimum Gasteiger partial charge on any atom is -0.312 e. The van der Waals surface area contributed by atoms with E-state index in [0.717, 1.165) is 23.9 Å². The molecule has 0 aromatic heterocycles. The summed E-state index contributed by atoms with van der Waals surface area (Å²) in [7, 11) is 2.33. The Morgan fingerprint density at radius 1 is 1.12 bits per heavy atom. The maximum absolute atomic E-state index is 3.70. The third kappa shape index (κ3) is 4.26. The largest absolute Gasteiger partial charge is 0.312 e. The topological polar surface area (TPSA) is 15.3 Å². The van der Waals surface area contributed by atoms with Gasteiger partial charge < -0.3 is 10.2 Å². The highest BCUT2D eigenvalue weighted by Crippen LogP contribution is 2.26. The Labute approximate surface area is 107 Å². The zero-order chi connectivity index (χ0) is 12.3. The second-order valence-corrected chi connectivity index (χ2v) is 6.58. The van der Waals surface area contributed by atoms with E-state index in [4.69, 9.17) is 0 Å². The van der Waals surface area contributed by atoms with Gasteiger partial charge in [0.15, 0.2) is 0 Å². The second-order valence-electron chi connectivity index (χ2n) is 6.58. The van der Waals surface area contributed by atoms with Gasteiger partial charge in [0.2, 0.25) is 0 Å². The van der Waals surface area contributed by atoms with Gasteiger partial charge in [0.1, 0.15) is 0 Å². The highest BCUT2D eigenvalue weighted by atomic mass is 15.2. The van der Waals surface area contributed by atoms with Gasteiger partial charge in [0, 0.05) is 25.2 Å². The van der Waals surface area contributed by atoms with Crippen molar-refractivity contribution >= 4 is 0 Å². The molecule has 0 aromatic rings. The molecular formula is C15H30N2. The fraction of sp³-hybridized carbons (Fsp3) is 1.00. The molecule has 2 rings (SSSR count). The van der Waals surface area contributed by atoms with Crippen LogP contribution in [0.3, 0.4) is 0 Å². The fourth-order valence-electron chi connectivity index (χ4n) is 3.21. The van der Waals surface area contributed by atoms with Gasteiger partial charge in [0.25, 0.3) is 0 Å². The molecule has 2 aliphatic rings. The van der Waals surface area contributed by atoms with Crippen LogP contribution in [0.2, 0.25) is 0 Å². The molecule has 1 N–H and O–H groups in total. The van der Waals surface area contributed by atoms with Crippen molar-refractivity contribution in [3.8, 4) is 0 Å². The van der Waals surface area contributed by atoms with E-state index in [1.807, 2.05) is 0 Å². The minimum absolute atomic E-state index is 0.719. The van der Waals surface area contributed by atoms with Gasteiger partial charge in [0.05, 0.1) is 0 Å². The second kappa shape index (κ2) is 6.19. The molecule has 0 amide bonds. The molecule has 0 spiro atoms. The molecule has 100 valence electrons. The first-order valence-corrected chi connectivity index (χ1v) is 7.60. The lowest BCUT2D eigenvalue weighted by molar-refractivity contribution is 0.162. The van der Waals surface area contributed by atoms with Crippen molar-refractivity contribution in [2.75, 3.05) is 20.1 Å². The number of hydrogen-bond acceptors (Lipinski definition) is 2. The first-order chi connectivity index (χ1) is 8.16. The van der Waals surface area contributed by atoms with Crippen molar-refractivity contribution in [2.45, 2.75) is 64.5 Å². The summed E-state index contributed by atoms with van der Waals surface area (Å²) in [6, 6.07) is 1.56. The van der Waals surface area contributed by atoms with Crippen LogP contribution < -0.4 is 5.32 Å². The van der Waals surface area contributed by atoms with Crippen molar-refractivity contribution in [2.24, 2.45) is 11.8 Å². The maximum Gasteiger partial charge on any atom is 0.0240 e. The normalized spacial score (nSPS) is 23.8. The molecule has 2 fully saturated rings. The van der Waals surface area contributed by atoms with E-state index in [-0.39, 0.29) is 0 Å². The lowest BCUT2D eigenvalue weighted by Gasteiger charge is -2.33. The molecule has 0 aromatic carbocycles. The zero-order valence-corrected chi connectivity index (χ0v) is 11.9. The molecule has 0 heterocycles. The van der Waals surface area contributed by atoms with E-state index < -0.39 is 0 Å². The van der Waals surface area contributed by atoms with Gasteiger partial charge in [-0.2, -0.15) is 0 Å². The van der Waals surface area contributed by atoms with Crippen molar-refractivity contribution < 1.29 is 0 Å². The average molecular weight is 238 g/mol. The van der Waals surface area contributed by atoms with Crippen LogP contribution in [-0.4, -0.2) is 37.1 Å². The summed E-state index contributed by atoms with van der Waals surface area (Å²) in [5, 5.41) is 3.70. The molecular weight excluding hydrogens is 208 g/mol. The number of hydrogen-bond donors (Lipinski definition) is 1. The minimum atomic E-state index is 0.719. The first-order valence-electron chi connectivity index (χ1n) is 7.60. The standard InChI is InChI=1S/C15H30N2/c1-12(2)15(10-16-14-8-9-14)17(3)11-13-6-4-5-7-13/h12-16H,4-11H2,1-3H3. The van der Waals surface area contributed by atoms with Gasteiger partial charge >= 0.3 is 0 Å². The summed E-state index contributed by atoms with van der Waals surface area (Å²) >= 11 is 0. The Kier molecular flexibility index (Phi) is 4.87. The summed E-state index contributed by atoms with van der Waals surface area (Å²) in [6.45, 7) is 7.23. The van der Waals surface area contributed by atoms with Crippen molar-refractivity contribution in [1.29, 1.82) is 0 Å². The van der Waals surface area contributed by atoms with Gasteiger partial charge in [-0.15, -0.1) is 0 Å². The molecule has 0 radical (unpaired) electrons. The van der Waals surface area contributed by atoms with Crippen LogP contribution in [0.4, 0.5) is 0 Å². The highest BCUT2D eigenvalue weighted by molar-refractivity contribution is 4.85. The molecule has 0 saturated heterocycles. The number of nitrogens with one attached hydrogen (secondary N) is 1. The van der Waals surface area contributed by atoms with Crippen molar-refractivity contribution in [3.63, 3.8) is 0 Å². The van der Waals surface area contributed by atoms with Gasteiger partial charge in [-0.05, 0) is 44.6 Å². The van der Waals surface area contributed by atoms with Crippen LogP contribution in [0, 0.1) is 11.8 Å². The van der Waals surface area contributed by atoms with Crippen LogP contribution >= 0.6 is 0 Å². The van der Waals surface area contributed by atoms with Crippen LogP contribution in [0.25, 0.3) is 0 Å². The summed E-state index contributed by atoms with van der Waals surface area (Å²) in [4.78, 5) is 2.62. The van der Waals surface area contributed by atoms with Gasteiger partial charge in [-0.3, -0.25) is 0 Å². The Hall–Kier alpha value is -0.0800. The van der Waals surface area contributed by atoms with E-state index >= 15 is 0 Å². The molecule has 0 bridgehead atoms. The zero-order valence-electron chi connectivity index (χ0n) is 11.9. The van der Waals surface area contributed by atoms with Crippen molar-refractivity contribution in [3.05, 3.63) is 0 Å². The predicted octanol–water partition coefficient (Wildman–Crippen LogP) is 2.89. The Morgan fingerprint density at radius 3 is 2.29 bits per heavy atom. The molecule has 2 aliphatic carbocycles. The van der Waals surface area contributed by atoms with E-state index in [1.165, 1.54) is 51.6 Å². The van der Waals surface area contributed by atoms with Crippen LogP contribution in [0.5, 0.6) is 0 Å². The molecule has 0 aliphatic heterocycles. The monoisotopic (exact) mass is 238 g/mol. The van der Waals surface area contributed by atoms with Crippen LogP contribution in [-0.2, 0) is 0 Å². The number of nitrogens with zero attached hydrogens (tertiary/aromatic N) is 1. The summed E-state index contributed by atoms with van der Waals surface area (Å²) in [6.07, 6.45) is 8.65. The number of likely N-dealkylation sites (N-methyl/N-ethyl adjacent to an activating group) is 1. The molecule has 2 heteroatoms. The smallest absolute Gasteiger partial charge is 0.0240 e. The third-order valence-electron chi connectivity index (χ3n) is 4.55. The Morgan fingerprint density at radius 2 is 1.76 bits per heavy atom. The third-order valence-corrected chi connectivity index (χ3v) is 4.55. The molecule has 2 nitrogen and oxygen atoms in total. The Balaban J connectivity index is 1.75. The van der Waals surface area contributed by atoms with E-state index in [9.17, 15) is 0 Å². The summed E-state index contributed by atoms with van der Waals surface area (Å²) in [5.74, 6) is 1.73. The van der Waals surface area contributed by atoms with Gasteiger partial charge in [-0.25, -0.2) is 0 Å². The molecule has 1 unspecified atom stereocenters. The first kappa shape index (κ1) is 13.4. The summed E-state index contributed by atoms with van der Waals surface area (Å²) in [5.41, 5.74) is 0. The highest BCUT2D eigenvalue weighted by Gasteiger charge is 2.26. The molecule has 17 heavy (non-hydrogen) atoms. The maximum atomic E-state index is 3.70. The van der Waals surface area contributed by atoms with E-state index in [0.29, 0.717) is 0 Å². The molecule has 2 saturated carbocycles. The van der Waals surface area contributed by atoms with E-state index in [1.54, 1.807) is 0 Å². The Bertz CT molecular complexity index is 217. The van der Waals surface area contributed by atoms with Crippen LogP contribution in [0.15, 0.2) is 0 Å². The van der Waals surface area contributed by atoms with Crippen LogP contribution in [0.1, 0.15) is 52.4 Å². The lowest BCUT2D eigenvalue weighted by atomic mass is 10.0. The summed E-state index contributed by atoms with van der Waals surface area (Å²) < 4.78 is 0. The predicted molar refractivity (Wildman–Crippen MR) is 74.2 cm³/mol. The van der Waals surface area contributed by atoms with Crippen molar-refractivity contribution in [1.82, 2.24) is 10.2 Å². The average Bonchev–Trinajstić information content (AvgIpc) is 2.95.